The Bertz CT molecular complexity index is 584. The Morgan fingerprint density at radius 2 is 1.43 bits per heavy atom. The number of fused-ring (bicyclic) bond motifs is 1. The van der Waals surface area contributed by atoms with Crippen LogP contribution in [0.2, 0.25) is 0 Å². The summed E-state index contributed by atoms with van der Waals surface area (Å²) in [6.45, 7) is 6.48. The maximum Gasteiger partial charge on any atom is 0.190 e. The summed E-state index contributed by atoms with van der Waals surface area (Å²) in [5, 5.41) is 0. The number of rotatable bonds is 5. The minimum absolute atomic E-state index is 0.0820. The van der Waals surface area contributed by atoms with Gasteiger partial charge in [0.1, 0.15) is 24.4 Å². The Labute approximate surface area is 180 Å². The standard InChI is InChI=1S/C23H38O7/c1-15(2)25-16(3)26-19-18(17-14-24-22(28-17)10-6-4-7-11-22)27-21-20(19)29-23(30-21)12-8-5-9-13-23/h15-21H,4-14H2,1-3H3/t16?,17?,18-,19+,20-,21-/m1/s1. The van der Waals surface area contributed by atoms with E-state index in [0.29, 0.717) is 6.61 Å². The van der Waals surface area contributed by atoms with Crippen molar-refractivity contribution in [2.45, 2.75) is 140 Å². The molecule has 3 saturated heterocycles. The van der Waals surface area contributed by atoms with Gasteiger partial charge in [0.2, 0.25) is 0 Å². The molecule has 5 rings (SSSR count). The van der Waals surface area contributed by atoms with E-state index in [-0.39, 0.29) is 36.8 Å². The Kier molecular flexibility index (Phi) is 6.17. The molecule has 172 valence electrons. The van der Waals surface area contributed by atoms with Gasteiger partial charge in [0.05, 0.1) is 12.7 Å². The Morgan fingerprint density at radius 3 is 2.10 bits per heavy atom. The van der Waals surface area contributed by atoms with E-state index in [1.807, 2.05) is 20.8 Å². The van der Waals surface area contributed by atoms with Crippen molar-refractivity contribution in [1.29, 1.82) is 0 Å². The van der Waals surface area contributed by atoms with Crippen molar-refractivity contribution in [3.05, 3.63) is 0 Å². The molecule has 0 aromatic heterocycles. The van der Waals surface area contributed by atoms with Crippen molar-refractivity contribution < 1.29 is 33.2 Å². The van der Waals surface area contributed by atoms with Gasteiger partial charge in [-0.2, -0.15) is 0 Å². The second-order valence-electron chi connectivity index (χ2n) is 9.93. The van der Waals surface area contributed by atoms with Gasteiger partial charge >= 0.3 is 0 Å². The molecule has 2 unspecified atom stereocenters. The zero-order chi connectivity index (χ0) is 20.8. The minimum Gasteiger partial charge on any atom is -0.350 e. The van der Waals surface area contributed by atoms with Crippen molar-refractivity contribution in [2.24, 2.45) is 0 Å². The minimum atomic E-state index is -0.514. The largest absolute Gasteiger partial charge is 0.350 e. The van der Waals surface area contributed by atoms with Gasteiger partial charge in [-0.25, -0.2) is 0 Å². The van der Waals surface area contributed by atoms with Gasteiger partial charge in [-0.05, 0) is 46.5 Å². The fourth-order valence-corrected chi connectivity index (χ4v) is 5.87. The van der Waals surface area contributed by atoms with Gasteiger partial charge in [0, 0.05) is 25.7 Å². The van der Waals surface area contributed by atoms with Crippen LogP contribution in [0.3, 0.4) is 0 Å². The summed E-state index contributed by atoms with van der Waals surface area (Å²) < 4.78 is 44.3. The van der Waals surface area contributed by atoms with Crippen molar-refractivity contribution in [3.63, 3.8) is 0 Å². The first-order valence-corrected chi connectivity index (χ1v) is 12.1. The molecule has 0 aromatic carbocycles. The normalized spacial score (nSPS) is 41.0. The van der Waals surface area contributed by atoms with Crippen LogP contribution in [0.4, 0.5) is 0 Å². The third kappa shape index (κ3) is 4.19. The molecule has 5 aliphatic rings. The van der Waals surface area contributed by atoms with Gasteiger partial charge in [-0.1, -0.05) is 12.8 Å². The molecule has 0 radical (unpaired) electrons. The third-order valence-electron chi connectivity index (χ3n) is 7.18. The molecule has 7 heteroatoms. The third-order valence-corrected chi connectivity index (χ3v) is 7.18. The fraction of sp³-hybridized carbons (Fsp3) is 1.00. The molecule has 6 atom stereocenters. The van der Waals surface area contributed by atoms with E-state index in [9.17, 15) is 0 Å². The molecule has 3 heterocycles. The molecule has 2 spiro atoms. The lowest BCUT2D eigenvalue weighted by Gasteiger charge is -2.36. The zero-order valence-corrected chi connectivity index (χ0v) is 18.7. The number of ether oxygens (including phenoxy) is 7. The van der Waals surface area contributed by atoms with Crippen LogP contribution in [0.5, 0.6) is 0 Å². The molecular weight excluding hydrogens is 388 g/mol. The lowest BCUT2D eigenvalue weighted by atomic mass is 9.94. The van der Waals surface area contributed by atoms with E-state index in [2.05, 4.69) is 0 Å². The van der Waals surface area contributed by atoms with Crippen molar-refractivity contribution in [2.75, 3.05) is 6.61 Å². The summed E-state index contributed by atoms with van der Waals surface area (Å²) in [4.78, 5) is 0. The highest BCUT2D eigenvalue weighted by molar-refractivity contribution is 5.01. The molecule has 5 fully saturated rings. The summed E-state index contributed by atoms with van der Waals surface area (Å²) in [6.07, 6.45) is 9.05. The zero-order valence-electron chi connectivity index (χ0n) is 18.7. The summed E-state index contributed by atoms with van der Waals surface area (Å²) in [5.74, 6) is -0.958. The highest BCUT2D eigenvalue weighted by Gasteiger charge is 2.62. The van der Waals surface area contributed by atoms with E-state index in [1.165, 1.54) is 12.8 Å². The molecule has 0 amide bonds. The number of hydrogen-bond donors (Lipinski definition) is 0. The van der Waals surface area contributed by atoms with E-state index in [4.69, 9.17) is 33.2 Å². The summed E-state index contributed by atoms with van der Waals surface area (Å²) in [5.41, 5.74) is 0. The van der Waals surface area contributed by atoms with Crippen LogP contribution in [0.1, 0.15) is 85.0 Å². The van der Waals surface area contributed by atoms with Gasteiger partial charge in [-0.15, -0.1) is 0 Å². The number of hydrogen-bond acceptors (Lipinski definition) is 7. The summed E-state index contributed by atoms with van der Waals surface area (Å²) in [6, 6.07) is 0. The molecule has 0 N–H and O–H groups in total. The lowest BCUT2D eigenvalue weighted by molar-refractivity contribution is -0.276. The highest BCUT2D eigenvalue weighted by atomic mass is 16.9. The lowest BCUT2D eigenvalue weighted by Crippen LogP contribution is -2.47. The predicted molar refractivity (Wildman–Crippen MR) is 108 cm³/mol. The average Bonchev–Trinajstić information content (AvgIpc) is 3.35. The topological polar surface area (TPSA) is 64.6 Å². The molecular formula is C23H38O7. The quantitative estimate of drug-likeness (QED) is 0.615. The molecule has 2 saturated carbocycles. The first-order chi connectivity index (χ1) is 14.5. The summed E-state index contributed by atoms with van der Waals surface area (Å²) in [7, 11) is 0. The van der Waals surface area contributed by atoms with E-state index < -0.39 is 17.9 Å². The Hall–Kier alpha value is -0.280. The molecule has 7 nitrogen and oxygen atoms in total. The van der Waals surface area contributed by atoms with Crippen molar-refractivity contribution in [1.82, 2.24) is 0 Å². The Morgan fingerprint density at radius 1 is 0.767 bits per heavy atom. The molecule has 0 bridgehead atoms. The second kappa shape index (κ2) is 8.58. The average molecular weight is 427 g/mol. The Balaban J connectivity index is 1.31. The van der Waals surface area contributed by atoms with Gasteiger partial charge in [0.25, 0.3) is 0 Å². The van der Waals surface area contributed by atoms with Crippen LogP contribution in [-0.4, -0.2) is 61.3 Å². The molecule has 3 aliphatic heterocycles. The molecule has 0 aromatic rings. The van der Waals surface area contributed by atoms with E-state index >= 15 is 0 Å². The van der Waals surface area contributed by atoms with Crippen LogP contribution < -0.4 is 0 Å². The maximum absolute atomic E-state index is 6.53. The maximum atomic E-state index is 6.53. The van der Waals surface area contributed by atoms with Crippen LogP contribution >= 0.6 is 0 Å². The summed E-state index contributed by atoms with van der Waals surface area (Å²) >= 11 is 0. The van der Waals surface area contributed by atoms with Gasteiger partial charge < -0.3 is 33.2 Å². The van der Waals surface area contributed by atoms with Gasteiger partial charge in [0.15, 0.2) is 24.2 Å². The van der Waals surface area contributed by atoms with Crippen LogP contribution in [0.15, 0.2) is 0 Å². The predicted octanol–water partition coefficient (Wildman–Crippen LogP) is 4.02. The monoisotopic (exact) mass is 426 g/mol. The van der Waals surface area contributed by atoms with Crippen LogP contribution in [0, 0.1) is 0 Å². The molecule has 2 aliphatic carbocycles. The van der Waals surface area contributed by atoms with Crippen LogP contribution in [0.25, 0.3) is 0 Å². The van der Waals surface area contributed by atoms with Crippen molar-refractivity contribution in [3.8, 4) is 0 Å². The van der Waals surface area contributed by atoms with E-state index in [0.717, 1.165) is 51.4 Å². The highest BCUT2D eigenvalue weighted by Crippen LogP contribution is 2.48. The SMILES string of the molecule is CC(C)OC(C)O[C@@H]1[C@H]2OC3(CCCCC3)O[C@H]2O[C@@H]1C1COC2(CCCCC2)O1. The van der Waals surface area contributed by atoms with Crippen LogP contribution in [-0.2, 0) is 33.2 Å². The van der Waals surface area contributed by atoms with Gasteiger partial charge in [-0.3, -0.25) is 0 Å². The molecule has 30 heavy (non-hydrogen) atoms. The van der Waals surface area contributed by atoms with E-state index in [1.54, 1.807) is 0 Å². The fourth-order valence-electron chi connectivity index (χ4n) is 5.87. The first-order valence-electron chi connectivity index (χ1n) is 12.1. The second-order valence-corrected chi connectivity index (χ2v) is 9.93. The van der Waals surface area contributed by atoms with Crippen molar-refractivity contribution >= 4 is 0 Å². The smallest absolute Gasteiger partial charge is 0.190 e. The first kappa shape index (κ1) is 21.6.